The minimum absolute atomic E-state index is 0.583. The molecular formula is C14H23N. The highest BCUT2D eigenvalue weighted by molar-refractivity contribution is 5.21. The standard InChI is InChI=1S/C14H23N/c1-5-12(6-2)7-13-8-14(11(3)4)10-15-9-13/h8-12H,5-7H2,1-4H3. The second-order valence-electron chi connectivity index (χ2n) is 4.67. The third-order valence-corrected chi connectivity index (χ3v) is 3.16. The monoisotopic (exact) mass is 205 g/mol. The molecule has 84 valence electrons. The predicted molar refractivity (Wildman–Crippen MR) is 66.1 cm³/mol. The second kappa shape index (κ2) is 5.89. The predicted octanol–water partition coefficient (Wildman–Crippen LogP) is 4.18. The first-order valence-electron chi connectivity index (χ1n) is 6.11. The number of aromatic nitrogens is 1. The zero-order chi connectivity index (χ0) is 11.3. The Kier molecular flexibility index (Phi) is 4.80. The van der Waals surface area contributed by atoms with Crippen molar-refractivity contribution in [3.8, 4) is 0 Å². The van der Waals surface area contributed by atoms with Crippen LogP contribution in [0.15, 0.2) is 18.5 Å². The van der Waals surface area contributed by atoms with Crippen molar-refractivity contribution in [1.29, 1.82) is 0 Å². The maximum atomic E-state index is 4.33. The van der Waals surface area contributed by atoms with Gasteiger partial charge in [0.15, 0.2) is 0 Å². The lowest BCUT2D eigenvalue weighted by molar-refractivity contribution is 0.489. The molecule has 0 atom stereocenters. The molecular weight excluding hydrogens is 182 g/mol. The van der Waals surface area contributed by atoms with Gasteiger partial charge in [-0.3, -0.25) is 4.98 Å². The van der Waals surface area contributed by atoms with Crippen LogP contribution in [0.3, 0.4) is 0 Å². The van der Waals surface area contributed by atoms with Crippen LogP contribution in [0.2, 0.25) is 0 Å². The van der Waals surface area contributed by atoms with E-state index < -0.39 is 0 Å². The van der Waals surface area contributed by atoms with Crippen LogP contribution in [0, 0.1) is 5.92 Å². The molecule has 0 aliphatic carbocycles. The molecule has 0 N–H and O–H groups in total. The highest BCUT2D eigenvalue weighted by atomic mass is 14.6. The molecule has 0 aliphatic heterocycles. The summed E-state index contributed by atoms with van der Waals surface area (Å²) in [4.78, 5) is 4.33. The van der Waals surface area contributed by atoms with E-state index in [-0.39, 0.29) is 0 Å². The van der Waals surface area contributed by atoms with Crippen LogP contribution in [0.25, 0.3) is 0 Å². The third kappa shape index (κ3) is 3.65. The zero-order valence-electron chi connectivity index (χ0n) is 10.5. The number of nitrogens with zero attached hydrogens (tertiary/aromatic N) is 1. The Morgan fingerprint density at radius 2 is 1.80 bits per heavy atom. The molecule has 1 nitrogen and oxygen atoms in total. The average molecular weight is 205 g/mol. The van der Waals surface area contributed by atoms with Gasteiger partial charge in [0.25, 0.3) is 0 Å². The molecule has 0 aliphatic rings. The van der Waals surface area contributed by atoms with Crippen molar-refractivity contribution >= 4 is 0 Å². The van der Waals surface area contributed by atoms with Gasteiger partial charge in [0.1, 0.15) is 0 Å². The van der Waals surface area contributed by atoms with Gasteiger partial charge >= 0.3 is 0 Å². The molecule has 0 saturated heterocycles. The van der Waals surface area contributed by atoms with Gasteiger partial charge in [-0.25, -0.2) is 0 Å². The van der Waals surface area contributed by atoms with Crippen molar-refractivity contribution in [3.05, 3.63) is 29.6 Å². The molecule has 0 fully saturated rings. The number of hydrogen-bond acceptors (Lipinski definition) is 1. The fourth-order valence-corrected chi connectivity index (χ4v) is 1.85. The summed E-state index contributed by atoms with van der Waals surface area (Å²) in [5.41, 5.74) is 2.76. The minimum Gasteiger partial charge on any atom is -0.264 e. The summed E-state index contributed by atoms with van der Waals surface area (Å²) < 4.78 is 0. The first kappa shape index (κ1) is 12.2. The Morgan fingerprint density at radius 1 is 1.13 bits per heavy atom. The van der Waals surface area contributed by atoms with E-state index in [1.165, 1.54) is 30.4 Å². The van der Waals surface area contributed by atoms with Crippen molar-refractivity contribution < 1.29 is 0 Å². The molecule has 1 heterocycles. The van der Waals surface area contributed by atoms with Crippen LogP contribution in [-0.2, 0) is 6.42 Å². The molecule has 0 saturated carbocycles. The normalized spacial score (nSPS) is 11.3. The van der Waals surface area contributed by atoms with Crippen LogP contribution in [0.5, 0.6) is 0 Å². The van der Waals surface area contributed by atoms with Gasteiger partial charge in [-0.15, -0.1) is 0 Å². The van der Waals surface area contributed by atoms with Crippen LogP contribution >= 0.6 is 0 Å². The summed E-state index contributed by atoms with van der Waals surface area (Å²) >= 11 is 0. The molecule has 0 spiro atoms. The van der Waals surface area contributed by atoms with E-state index in [0.29, 0.717) is 5.92 Å². The minimum atomic E-state index is 0.583. The fourth-order valence-electron chi connectivity index (χ4n) is 1.85. The topological polar surface area (TPSA) is 12.9 Å². The Bertz CT molecular complexity index is 287. The molecule has 15 heavy (non-hydrogen) atoms. The Hall–Kier alpha value is -0.850. The molecule has 0 bridgehead atoms. The maximum absolute atomic E-state index is 4.33. The number of hydrogen-bond donors (Lipinski definition) is 0. The lowest BCUT2D eigenvalue weighted by atomic mass is 9.94. The van der Waals surface area contributed by atoms with E-state index in [0.717, 1.165) is 5.92 Å². The van der Waals surface area contributed by atoms with Gasteiger partial charge in [-0.05, 0) is 29.4 Å². The molecule has 0 amide bonds. The Labute approximate surface area is 93.9 Å². The molecule has 1 heteroatoms. The summed E-state index contributed by atoms with van der Waals surface area (Å²) in [5, 5.41) is 0. The molecule has 1 aromatic heterocycles. The van der Waals surface area contributed by atoms with E-state index in [4.69, 9.17) is 0 Å². The third-order valence-electron chi connectivity index (χ3n) is 3.16. The molecule has 1 aromatic rings. The number of rotatable bonds is 5. The van der Waals surface area contributed by atoms with Crippen molar-refractivity contribution in [1.82, 2.24) is 4.98 Å². The van der Waals surface area contributed by atoms with Gasteiger partial charge < -0.3 is 0 Å². The molecule has 0 radical (unpaired) electrons. The highest BCUT2D eigenvalue weighted by Gasteiger charge is 2.06. The zero-order valence-corrected chi connectivity index (χ0v) is 10.5. The summed E-state index contributed by atoms with van der Waals surface area (Å²) in [6.45, 7) is 8.98. The Balaban J connectivity index is 2.72. The SMILES string of the molecule is CCC(CC)Cc1cncc(C(C)C)c1. The largest absolute Gasteiger partial charge is 0.264 e. The van der Waals surface area contributed by atoms with Gasteiger partial charge in [0, 0.05) is 12.4 Å². The van der Waals surface area contributed by atoms with Crippen LogP contribution in [-0.4, -0.2) is 4.98 Å². The molecule has 0 aromatic carbocycles. The average Bonchev–Trinajstić information content (AvgIpc) is 2.26. The van der Waals surface area contributed by atoms with E-state index in [1.807, 2.05) is 12.4 Å². The van der Waals surface area contributed by atoms with Gasteiger partial charge in [-0.1, -0.05) is 46.6 Å². The quantitative estimate of drug-likeness (QED) is 0.702. The van der Waals surface area contributed by atoms with Crippen LogP contribution in [0.4, 0.5) is 0 Å². The lowest BCUT2D eigenvalue weighted by Crippen LogP contribution is -2.03. The second-order valence-corrected chi connectivity index (χ2v) is 4.67. The summed E-state index contributed by atoms with van der Waals surface area (Å²) in [6, 6.07) is 2.32. The fraction of sp³-hybridized carbons (Fsp3) is 0.643. The van der Waals surface area contributed by atoms with Crippen LogP contribution in [0.1, 0.15) is 57.6 Å². The first-order valence-corrected chi connectivity index (χ1v) is 6.11. The van der Waals surface area contributed by atoms with Crippen molar-refractivity contribution in [2.24, 2.45) is 5.92 Å². The summed E-state index contributed by atoms with van der Waals surface area (Å²) in [7, 11) is 0. The smallest absolute Gasteiger partial charge is 0.0302 e. The maximum Gasteiger partial charge on any atom is 0.0302 e. The first-order chi connectivity index (χ1) is 7.17. The van der Waals surface area contributed by atoms with Crippen molar-refractivity contribution in [2.75, 3.05) is 0 Å². The molecule has 0 unspecified atom stereocenters. The molecule has 1 rings (SSSR count). The highest BCUT2D eigenvalue weighted by Crippen LogP contribution is 2.18. The van der Waals surface area contributed by atoms with Gasteiger partial charge in [0.2, 0.25) is 0 Å². The van der Waals surface area contributed by atoms with Crippen molar-refractivity contribution in [2.45, 2.75) is 52.9 Å². The van der Waals surface area contributed by atoms with E-state index >= 15 is 0 Å². The number of pyridine rings is 1. The van der Waals surface area contributed by atoms with E-state index in [1.54, 1.807) is 0 Å². The lowest BCUT2D eigenvalue weighted by Gasteiger charge is -2.13. The summed E-state index contributed by atoms with van der Waals surface area (Å²) in [6.07, 6.45) is 7.72. The van der Waals surface area contributed by atoms with Crippen molar-refractivity contribution in [3.63, 3.8) is 0 Å². The van der Waals surface area contributed by atoms with Gasteiger partial charge in [0.05, 0.1) is 0 Å². The van der Waals surface area contributed by atoms with E-state index in [9.17, 15) is 0 Å². The summed E-state index contributed by atoms with van der Waals surface area (Å²) in [5.74, 6) is 1.40. The van der Waals surface area contributed by atoms with Crippen LogP contribution < -0.4 is 0 Å². The van der Waals surface area contributed by atoms with Gasteiger partial charge in [-0.2, -0.15) is 0 Å². The van der Waals surface area contributed by atoms with E-state index in [2.05, 4.69) is 38.7 Å². The Morgan fingerprint density at radius 3 is 2.33 bits per heavy atom.